The van der Waals surface area contributed by atoms with Crippen LogP contribution in [0.2, 0.25) is 0 Å². The number of hydrogen-bond acceptors (Lipinski definition) is 2. The molecule has 1 unspecified atom stereocenters. The topological polar surface area (TPSA) is 29.5 Å². The molecule has 0 bridgehead atoms. The van der Waals surface area contributed by atoms with Crippen LogP contribution in [0, 0.1) is 5.92 Å². The predicted molar refractivity (Wildman–Crippen MR) is 103 cm³/mol. The lowest BCUT2D eigenvalue weighted by atomic mass is 9.86. The van der Waals surface area contributed by atoms with Crippen LogP contribution in [0.1, 0.15) is 42.7 Å². The number of ether oxygens (including phenoxy) is 1. The Balaban J connectivity index is 1.47. The molecule has 2 aliphatic rings. The highest BCUT2D eigenvalue weighted by molar-refractivity contribution is 5.76. The molecule has 1 saturated carbocycles. The third kappa shape index (κ3) is 4.34. The number of carbonyl (C=O) groups is 1. The average molecular weight is 349 g/mol. The molecule has 3 nitrogen and oxygen atoms in total. The second-order valence-electron chi connectivity index (χ2n) is 7.59. The van der Waals surface area contributed by atoms with Crippen LogP contribution in [0.25, 0.3) is 0 Å². The third-order valence-electron chi connectivity index (χ3n) is 5.55. The van der Waals surface area contributed by atoms with Crippen molar-refractivity contribution in [1.29, 1.82) is 0 Å². The molecule has 3 heteroatoms. The smallest absolute Gasteiger partial charge is 0.223 e. The van der Waals surface area contributed by atoms with E-state index < -0.39 is 0 Å². The number of benzene rings is 2. The molecule has 26 heavy (non-hydrogen) atoms. The van der Waals surface area contributed by atoms with Gasteiger partial charge in [0, 0.05) is 25.4 Å². The van der Waals surface area contributed by atoms with Gasteiger partial charge in [0.15, 0.2) is 0 Å². The fourth-order valence-corrected chi connectivity index (χ4v) is 3.88. The minimum Gasteiger partial charge on any atom is -0.375 e. The van der Waals surface area contributed by atoms with E-state index in [4.69, 9.17) is 4.74 Å². The maximum atomic E-state index is 12.5. The summed E-state index contributed by atoms with van der Waals surface area (Å²) in [6.45, 7) is 2.11. The Morgan fingerprint density at radius 1 is 1.00 bits per heavy atom. The Morgan fingerprint density at radius 3 is 2.19 bits per heavy atom. The van der Waals surface area contributed by atoms with Crippen molar-refractivity contribution < 1.29 is 9.53 Å². The van der Waals surface area contributed by atoms with Crippen LogP contribution in [0.3, 0.4) is 0 Å². The first-order valence-electron chi connectivity index (χ1n) is 9.79. The Labute approximate surface area is 156 Å². The standard InChI is InChI=1S/C23H27NO2/c25-23(15-18-11-12-18)24-13-14-26-21(17-24)16-22(19-7-3-1-4-8-19)20-9-5-2-6-10-20/h1-10,18,21-22H,11-17H2. The molecule has 1 saturated heterocycles. The van der Waals surface area contributed by atoms with Crippen molar-refractivity contribution in [3.05, 3.63) is 71.8 Å². The number of rotatable bonds is 6. The van der Waals surface area contributed by atoms with Crippen molar-refractivity contribution in [3.63, 3.8) is 0 Å². The zero-order chi connectivity index (χ0) is 17.8. The van der Waals surface area contributed by atoms with E-state index >= 15 is 0 Å². The summed E-state index contributed by atoms with van der Waals surface area (Å²) in [6.07, 6.45) is 4.18. The zero-order valence-electron chi connectivity index (χ0n) is 15.2. The summed E-state index contributed by atoms with van der Waals surface area (Å²) in [6, 6.07) is 21.3. The Bertz CT molecular complexity index is 672. The minimum atomic E-state index is 0.0947. The fourth-order valence-electron chi connectivity index (χ4n) is 3.88. The first-order valence-corrected chi connectivity index (χ1v) is 9.79. The largest absolute Gasteiger partial charge is 0.375 e. The van der Waals surface area contributed by atoms with Crippen LogP contribution in [0.4, 0.5) is 0 Å². The van der Waals surface area contributed by atoms with Crippen LogP contribution in [-0.2, 0) is 9.53 Å². The van der Waals surface area contributed by atoms with Gasteiger partial charge in [0.25, 0.3) is 0 Å². The number of carbonyl (C=O) groups excluding carboxylic acids is 1. The van der Waals surface area contributed by atoms with Gasteiger partial charge in [0.2, 0.25) is 5.91 Å². The van der Waals surface area contributed by atoms with Gasteiger partial charge < -0.3 is 9.64 Å². The van der Waals surface area contributed by atoms with Gasteiger partial charge in [-0.1, -0.05) is 60.7 Å². The number of nitrogens with zero attached hydrogens (tertiary/aromatic N) is 1. The summed E-state index contributed by atoms with van der Waals surface area (Å²) in [7, 11) is 0. The summed E-state index contributed by atoms with van der Waals surface area (Å²) in [5, 5.41) is 0. The summed E-state index contributed by atoms with van der Waals surface area (Å²) >= 11 is 0. The van der Waals surface area contributed by atoms with E-state index in [2.05, 4.69) is 60.7 Å². The lowest BCUT2D eigenvalue weighted by Gasteiger charge is -2.35. The van der Waals surface area contributed by atoms with Crippen molar-refractivity contribution in [2.24, 2.45) is 5.92 Å². The normalized spacial score (nSPS) is 20.3. The number of morpholine rings is 1. The zero-order valence-corrected chi connectivity index (χ0v) is 15.2. The van der Waals surface area contributed by atoms with Crippen molar-refractivity contribution in [3.8, 4) is 0 Å². The van der Waals surface area contributed by atoms with Crippen molar-refractivity contribution in [2.45, 2.75) is 37.7 Å². The lowest BCUT2D eigenvalue weighted by Crippen LogP contribution is -2.46. The lowest BCUT2D eigenvalue weighted by molar-refractivity contribution is -0.139. The fraction of sp³-hybridized carbons (Fsp3) is 0.435. The first kappa shape index (κ1) is 17.3. The van der Waals surface area contributed by atoms with Gasteiger partial charge in [-0.15, -0.1) is 0 Å². The van der Waals surface area contributed by atoms with Crippen molar-refractivity contribution in [2.75, 3.05) is 19.7 Å². The van der Waals surface area contributed by atoms with Gasteiger partial charge >= 0.3 is 0 Å². The van der Waals surface area contributed by atoms with E-state index in [1.54, 1.807) is 0 Å². The quantitative estimate of drug-likeness (QED) is 0.781. The first-order chi connectivity index (χ1) is 12.8. The number of hydrogen-bond donors (Lipinski definition) is 0. The molecule has 0 aromatic heterocycles. The van der Waals surface area contributed by atoms with E-state index in [-0.39, 0.29) is 6.10 Å². The maximum Gasteiger partial charge on any atom is 0.223 e. The highest BCUT2D eigenvalue weighted by Gasteiger charge is 2.31. The Morgan fingerprint density at radius 2 is 1.62 bits per heavy atom. The van der Waals surface area contributed by atoms with Crippen molar-refractivity contribution in [1.82, 2.24) is 4.90 Å². The van der Waals surface area contributed by atoms with Crippen LogP contribution >= 0.6 is 0 Å². The van der Waals surface area contributed by atoms with E-state index in [0.717, 1.165) is 25.9 Å². The molecule has 1 aliphatic carbocycles. The molecule has 1 atom stereocenters. The van der Waals surface area contributed by atoms with Gasteiger partial charge in [0.1, 0.15) is 0 Å². The molecule has 136 valence electrons. The molecule has 1 amide bonds. The molecular weight excluding hydrogens is 322 g/mol. The minimum absolute atomic E-state index is 0.0947. The van der Waals surface area contributed by atoms with Crippen LogP contribution in [0.15, 0.2) is 60.7 Å². The van der Waals surface area contributed by atoms with Gasteiger partial charge in [-0.05, 0) is 36.3 Å². The van der Waals surface area contributed by atoms with Gasteiger partial charge in [0.05, 0.1) is 12.7 Å². The molecule has 2 aromatic rings. The van der Waals surface area contributed by atoms with E-state index in [1.165, 1.54) is 24.0 Å². The Hall–Kier alpha value is -2.13. The van der Waals surface area contributed by atoms with Gasteiger partial charge in [-0.2, -0.15) is 0 Å². The Kier molecular flexibility index (Phi) is 5.35. The van der Waals surface area contributed by atoms with Crippen LogP contribution in [0.5, 0.6) is 0 Å². The highest BCUT2D eigenvalue weighted by atomic mass is 16.5. The van der Waals surface area contributed by atoms with E-state index in [9.17, 15) is 4.79 Å². The molecule has 1 heterocycles. The molecule has 1 aliphatic heterocycles. The molecule has 0 N–H and O–H groups in total. The molecule has 0 radical (unpaired) electrons. The van der Waals surface area contributed by atoms with Gasteiger partial charge in [-0.3, -0.25) is 4.79 Å². The second kappa shape index (κ2) is 8.05. The monoisotopic (exact) mass is 349 g/mol. The van der Waals surface area contributed by atoms with Crippen molar-refractivity contribution >= 4 is 5.91 Å². The summed E-state index contributed by atoms with van der Waals surface area (Å²) < 4.78 is 6.06. The average Bonchev–Trinajstić information content (AvgIpc) is 3.52. The molecule has 4 rings (SSSR count). The van der Waals surface area contributed by atoms with E-state index in [1.807, 2.05) is 4.90 Å². The second-order valence-corrected chi connectivity index (χ2v) is 7.59. The molecular formula is C23H27NO2. The third-order valence-corrected chi connectivity index (χ3v) is 5.55. The molecule has 0 spiro atoms. The molecule has 2 fully saturated rings. The maximum absolute atomic E-state index is 12.5. The van der Waals surface area contributed by atoms with E-state index in [0.29, 0.717) is 24.3 Å². The predicted octanol–water partition coefficient (Wildman–Crippen LogP) is 4.24. The SMILES string of the molecule is O=C(CC1CC1)N1CCOC(CC(c2ccccc2)c2ccccc2)C1. The molecule has 2 aromatic carbocycles. The van der Waals surface area contributed by atoms with Gasteiger partial charge in [-0.25, -0.2) is 0 Å². The van der Waals surface area contributed by atoms with Crippen LogP contribution < -0.4 is 0 Å². The van der Waals surface area contributed by atoms with Crippen LogP contribution in [-0.4, -0.2) is 36.6 Å². The summed E-state index contributed by atoms with van der Waals surface area (Å²) in [5.74, 6) is 1.25. The highest BCUT2D eigenvalue weighted by Crippen LogP contribution is 2.34. The number of amides is 1. The summed E-state index contributed by atoms with van der Waals surface area (Å²) in [5.41, 5.74) is 2.62. The summed E-state index contributed by atoms with van der Waals surface area (Å²) in [4.78, 5) is 14.5.